The number of amides is 2. The Morgan fingerprint density at radius 3 is 2.44 bits per heavy atom. The summed E-state index contributed by atoms with van der Waals surface area (Å²) in [4.78, 5) is 24.5. The van der Waals surface area contributed by atoms with Gasteiger partial charge >= 0.3 is 0 Å². The molecule has 0 spiro atoms. The maximum absolute atomic E-state index is 12.3. The number of carbonyl (C=O) groups is 2. The Kier molecular flexibility index (Phi) is 4.88. The van der Waals surface area contributed by atoms with E-state index in [9.17, 15) is 9.59 Å². The van der Waals surface area contributed by atoms with Crippen LogP contribution in [0.1, 0.15) is 35.8 Å². The van der Waals surface area contributed by atoms with Crippen LogP contribution in [0, 0.1) is 0 Å². The number of carbonyl (C=O) groups excluding carboxylic acids is 2. The first-order valence-electron chi connectivity index (χ1n) is 8.10. The second-order valence-corrected chi connectivity index (χ2v) is 5.90. The predicted octanol–water partition coefficient (Wildman–Crippen LogP) is 2.41. The third-order valence-electron chi connectivity index (χ3n) is 4.03. The van der Waals surface area contributed by atoms with Crippen LogP contribution in [-0.4, -0.2) is 24.6 Å². The molecule has 130 valence electrons. The molecule has 25 heavy (non-hydrogen) atoms. The molecule has 0 saturated carbocycles. The van der Waals surface area contributed by atoms with Gasteiger partial charge in [-0.2, -0.15) is 0 Å². The van der Waals surface area contributed by atoms with E-state index in [1.54, 1.807) is 31.2 Å². The average Bonchev–Trinajstić information content (AvgIpc) is 3.09. The second kappa shape index (κ2) is 7.25. The first kappa shape index (κ1) is 16.8. The van der Waals surface area contributed by atoms with E-state index in [1.807, 2.05) is 31.2 Å². The molecule has 2 N–H and O–H groups in total. The van der Waals surface area contributed by atoms with Crippen molar-refractivity contribution < 1.29 is 19.1 Å². The average molecular weight is 340 g/mol. The van der Waals surface area contributed by atoms with Crippen molar-refractivity contribution in [3.05, 3.63) is 59.7 Å². The van der Waals surface area contributed by atoms with Crippen LogP contribution in [0.2, 0.25) is 0 Å². The van der Waals surface area contributed by atoms with Gasteiger partial charge in [-0.05, 0) is 43.7 Å². The van der Waals surface area contributed by atoms with Crippen LogP contribution in [0.3, 0.4) is 0 Å². The van der Waals surface area contributed by atoms with Crippen LogP contribution in [0.25, 0.3) is 0 Å². The Labute approximate surface area is 146 Å². The molecule has 1 aliphatic heterocycles. The summed E-state index contributed by atoms with van der Waals surface area (Å²) in [5, 5.41) is 5.59. The summed E-state index contributed by atoms with van der Waals surface area (Å²) in [6.07, 6.45) is 0. The Hall–Kier alpha value is -3.02. The zero-order valence-corrected chi connectivity index (χ0v) is 14.1. The fourth-order valence-corrected chi connectivity index (χ4v) is 2.54. The minimum atomic E-state index is -0.649. The Morgan fingerprint density at radius 2 is 1.68 bits per heavy atom. The molecule has 2 aromatic carbocycles. The van der Waals surface area contributed by atoms with Gasteiger partial charge in [0, 0.05) is 5.56 Å². The van der Waals surface area contributed by atoms with Gasteiger partial charge in [0.2, 0.25) is 12.7 Å². The molecule has 0 saturated heterocycles. The molecular weight excluding hydrogens is 320 g/mol. The van der Waals surface area contributed by atoms with Crippen molar-refractivity contribution in [2.24, 2.45) is 0 Å². The van der Waals surface area contributed by atoms with Crippen LogP contribution in [-0.2, 0) is 4.79 Å². The number of nitrogens with one attached hydrogen (secondary N) is 2. The Morgan fingerprint density at radius 1 is 0.960 bits per heavy atom. The van der Waals surface area contributed by atoms with E-state index in [2.05, 4.69) is 10.6 Å². The van der Waals surface area contributed by atoms with Crippen molar-refractivity contribution in [1.29, 1.82) is 0 Å². The molecular formula is C19H20N2O4. The molecule has 2 unspecified atom stereocenters. The SMILES string of the molecule is CC(NC(=O)c1ccccc1)C(=O)NC(C)c1ccc2c(c1)OCO2. The highest BCUT2D eigenvalue weighted by Crippen LogP contribution is 2.34. The zero-order valence-electron chi connectivity index (χ0n) is 14.1. The van der Waals surface area contributed by atoms with Crippen molar-refractivity contribution in [1.82, 2.24) is 10.6 Å². The maximum atomic E-state index is 12.3. The van der Waals surface area contributed by atoms with Crippen molar-refractivity contribution in [2.75, 3.05) is 6.79 Å². The fourth-order valence-electron chi connectivity index (χ4n) is 2.54. The largest absolute Gasteiger partial charge is 0.454 e. The van der Waals surface area contributed by atoms with Crippen molar-refractivity contribution in [2.45, 2.75) is 25.9 Å². The van der Waals surface area contributed by atoms with E-state index >= 15 is 0 Å². The van der Waals surface area contributed by atoms with Crippen LogP contribution in [0.5, 0.6) is 11.5 Å². The van der Waals surface area contributed by atoms with Crippen molar-refractivity contribution >= 4 is 11.8 Å². The van der Waals surface area contributed by atoms with Crippen molar-refractivity contribution in [3.8, 4) is 11.5 Å². The quantitative estimate of drug-likeness (QED) is 0.876. The van der Waals surface area contributed by atoms with Crippen LogP contribution < -0.4 is 20.1 Å². The zero-order chi connectivity index (χ0) is 17.8. The van der Waals surface area contributed by atoms with Crippen LogP contribution in [0.4, 0.5) is 0 Å². The summed E-state index contributed by atoms with van der Waals surface area (Å²) in [7, 11) is 0. The first-order valence-corrected chi connectivity index (χ1v) is 8.10. The van der Waals surface area contributed by atoms with Gasteiger partial charge in [-0.3, -0.25) is 9.59 Å². The summed E-state index contributed by atoms with van der Waals surface area (Å²) >= 11 is 0. The van der Waals surface area contributed by atoms with E-state index in [4.69, 9.17) is 9.47 Å². The number of ether oxygens (including phenoxy) is 2. The molecule has 0 aromatic heterocycles. The van der Waals surface area contributed by atoms with Gasteiger partial charge in [0.15, 0.2) is 11.5 Å². The standard InChI is InChI=1S/C19H20N2O4/c1-12(15-8-9-16-17(10-15)25-11-24-16)20-18(22)13(2)21-19(23)14-6-4-3-5-7-14/h3-10,12-13H,11H2,1-2H3,(H,20,22)(H,21,23). The third-order valence-corrected chi connectivity index (χ3v) is 4.03. The lowest BCUT2D eigenvalue weighted by atomic mass is 10.1. The third kappa shape index (κ3) is 3.91. The number of benzene rings is 2. The van der Waals surface area contributed by atoms with E-state index in [0.29, 0.717) is 17.1 Å². The minimum Gasteiger partial charge on any atom is -0.454 e. The molecule has 1 heterocycles. The minimum absolute atomic E-state index is 0.210. The smallest absolute Gasteiger partial charge is 0.251 e. The Balaban J connectivity index is 1.58. The van der Waals surface area contributed by atoms with Crippen LogP contribution in [0.15, 0.2) is 48.5 Å². The van der Waals surface area contributed by atoms with E-state index in [0.717, 1.165) is 5.56 Å². The topological polar surface area (TPSA) is 76.7 Å². The second-order valence-electron chi connectivity index (χ2n) is 5.90. The summed E-state index contributed by atoms with van der Waals surface area (Å²) in [5.41, 5.74) is 1.42. The maximum Gasteiger partial charge on any atom is 0.251 e. The highest BCUT2D eigenvalue weighted by atomic mass is 16.7. The van der Waals surface area contributed by atoms with Crippen molar-refractivity contribution in [3.63, 3.8) is 0 Å². The molecule has 0 radical (unpaired) electrons. The molecule has 2 atom stereocenters. The molecule has 3 rings (SSSR count). The fraction of sp³-hybridized carbons (Fsp3) is 0.263. The number of fused-ring (bicyclic) bond motifs is 1. The molecule has 6 heteroatoms. The number of hydrogen-bond acceptors (Lipinski definition) is 4. The monoisotopic (exact) mass is 340 g/mol. The lowest BCUT2D eigenvalue weighted by Crippen LogP contribution is -2.45. The van der Waals surface area contributed by atoms with Gasteiger partial charge in [0.05, 0.1) is 6.04 Å². The molecule has 6 nitrogen and oxygen atoms in total. The summed E-state index contributed by atoms with van der Waals surface area (Å²) in [5.74, 6) is 0.836. The number of hydrogen-bond donors (Lipinski definition) is 2. The van der Waals surface area contributed by atoms with Gasteiger partial charge in [0.25, 0.3) is 5.91 Å². The van der Waals surface area contributed by atoms with E-state index in [-0.39, 0.29) is 24.6 Å². The highest BCUT2D eigenvalue weighted by molar-refractivity contribution is 5.97. The number of rotatable bonds is 5. The molecule has 0 aliphatic carbocycles. The van der Waals surface area contributed by atoms with Gasteiger partial charge in [-0.25, -0.2) is 0 Å². The summed E-state index contributed by atoms with van der Waals surface area (Å²) in [6, 6.07) is 13.5. The van der Waals surface area contributed by atoms with Gasteiger partial charge in [0.1, 0.15) is 6.04 Å². The molecule has 0 bridgehead atoms. The predicted molar refractivity (Wildman–Crippen MR) is 92.5 cm³/mol. The van der Waals surface area contributed by atoms with Crippen LogP contribution >= 0.6 is 0 Å². The van der Waals surface area contributed by atoms with Gasteiger partial charge in [-0.1, -0.05) is 24.3 Å². The summed E-state index contributed by atoms with van der Waals surface area (Å²) < 4.78 is 10.6. The lowest BCUT2D eigenvalue weighted by Gasteiger charge is -2.19. The molecule has 2 amide bonds. The first-order chi connectivity index (χ1) is 12.0. The normalized spacial score (nSPS) is 14.5. The van der Waals surface area contributed by atoms with E-state index < -0.39 is 6.04 Å². The molecule has 2 aromatic rings. The van der Waals surface area contributed by atoms with E-state index in [1.165, 1.54) is 0 Å². The van der Waals surface area contributed by atoms with Gasteiger partial charge < -0.3 is 20.1 Å². The van der Waals surface area contributed by atoms with Gasteiger partial charge in [-0.15, -0.1) is 0 Å². The lowest BCUT2D eigenvalue weighted by molar-refractivity contribution is -0.123. The molecule has 1 aliphatic rings. The Bertz CT molecular complexity index is 776. The summed E-state index contributed by atoms with van der Waals surface area (Å²) in [6.45, 7) is 3.74. The molecule has 0 fully saturated rings. The highest BCUT2D eigenvalue weighted by Gasteiger charge is 2.20.